The first-order valence-corrected chi connectivity index (χ1v) is 7.14. The Morgan fingerprint density at radius 2 is 2.00 bits per heavy atom. The Bertz CT molecular complexity index is 249. The van der Waals surface area contributed by atoms with E-state index >= 15 is 0 Å². The zero-order valence-corrected chi connectivity index (χ0v) is 12.1. The second-order valence-electron chi connectivity index (χ2n) is 5.62. The van der Waals surface area contributed by atoms with Crippen LogP contribution < -0.4 is 0 Å². The highest BCUT2D eigenvalue weighted by Gasteiger charge is 2.31. The summed E-state index contributed by atoms with van der Waals surface area (Å²) in [7, 11) is 2.25. The molecule has 1 atom stereocenters. The molecule has 0 aromatic carbocycles. The van der Waals surface area contributed by atoms with Crippen LogP contribution in [0.1, 0.15) is 39.5 Å². The van der Waals surface area contributed by atoms with E-state index in [2.05, 4.69) is 14.0 Å². The van der Waals surface area contributed by atoms with Gasteiger partial charge in [0, 0.05) is 26.4 Å². The van der Waals surface area contributed by atoms with E-state index < -0.39 is 0 Å². The van der Waals surface area contributed by atoms with E-state index in [-0.39, 0.29) is 12.1 Å². The largest absolute Gasteiger partial charge is 0.454 e. The number of carbonyl (C=O) groups excluding carboxylic acids is 1. The molecule has 1 aliphatic rings. The molecule has 18 heavy (non-hydrogen) atoms. The first-order valence-electron chi connectivity index (χ1n) is 7.14. The Hall–Kier alpha value is -0.610. The minimum atomic E-state index is -0.204. The number of ether oxygens (including phenoxy) is 2. The predicted octanol–water partition coefficient (Wildman–Crippen LogP) is 1.98. The van der Waals surface area contributed by atoms with Crippen LogP contribution in [0.15, 0.2) is 0 Å². The number of hydrogen-bond acceptors (Lipinski definition) is 3. The van der Waals surface area contributed by atoms with Gasteiger partial charge in [0.05, 0.1) is 26.7 Å². The molecule has 0 saturated carbocycles. The van der Waals surface area contributed by atoms with Crippen molar-refractivity contribution in [1.82, 2.24) is 0 Å². The number of nitrogens with zero attached hydrogens (tertiary/aromatic N) is 1. The second kappa shape index (κ2) is 7.74. The fraction of sp³-hybridized carbons (Fsp3) is 0.929. The fourth-order valence-electron chi connectivity index (χ4n) is 2.59. The van der Waals surface area contributed by atoms with Crippen molar-refractivity contribution in [2.24, 2.45) is 0 Å². The lowest BCUT2D eigenvalue weighted by Gasteiger charge is -2.32. The summed E-state index contributed by atoms with van der Waals surface area (Å²) in [4.78, 5) is 11.1. The Balaban J connectivity index is 2.36. The Kier molecular flexibility index (Phi) is 6.65. The summed E-state index contributed by atoms with van der Waals surface area (Å²) >= 11 is 0. The van der Waals surface area contributed by atoms with Gasteiger partial charge in [0.2, 0.25) is 0 Å². The van der Waals surface area contributed by atoms with Crippen LogP contribution in [0, 0.1) is 0 Å². The molecule has 0 aromatic heterocycles. The van der Waals surface area contributed by atoms with Crippen molar-refractivity contribution >= 4 is 5.97 Å². The number of rotatable bonds is 8. The van der Waals surface area contributed by atoms with E-state index in [0.717, 1.165) is 30.5 Å². The Labute approximate surface area is 111 Å². The van der Waals surface area contributed by atoms with Gasteiger partial charge in [-0.2, -0.15) is 0 Å². The molecule has 0 radical (unpaired) electrons. The van der Waals surface area contributed by atoms with Crippen LogP contribution in [0.3, 0.4) is 0 Å². The van der Waals surface area contributed by atoms with Crippen LogP contribution in [-0.4, -0.2) is 56.5 Å². The van der Waals surface area contributed by atoms with Crippen molar-refractivity contribution in [3.05, 3.63) is 0 Å². The standard InChI is InChI=1S/C14H28NO3/c1-4-5-10-17-12-14(18-13(2)16)11-15(3)8-6-7-9-15/h14H,4-12H2,1-3H3/q+1. The summed E-state index contributed by atoms with van der Waals surface area (Å²) in [5.41, 5.74) is 0. The number of likely N-dealkylation sites (tertiary alicyclic amines) is 1. The number of esters is 1. The van der Waals surface area contributed by atoms with Crippen molar-refractivity contribution in [3.63, 3.8) is 0 Å². The molecule has 1 fully saturated rings. The van der Waals surface area contributed by atoms with Gasteiger partial charge in [-0.15, -0.1) is 0 Å². The molecule has 1 unspecified atom stereocenters. The molecular formula is C14H28NO3+. The van der Waals surface area contributed by atoms with Crippen molar-refractivity contribution in [2.45, 2.75) is 45.6 Å². The zero-order valence-electron chi connectivity index (χ0n) is 12.1. The van der Waals surface area contributed by atoms with Gasteiger partial charge in [-0.1, -0.05) is 13.3 Å². The summed E-state index contributed by atoms with van der Waals surface area (Å²) in [5.74, 6) is -0.204. The summed E-state index contributed by atoms with van der Waals surface area (Å²) in [6, 6.07) is 0. The van der Waals surface area contributed by atoms with Crippen molar-refractivity contribution in [1.29, 1.82) is 0 Å². The van der Waals surface area contributed by atoms with Crippen LogP contribution in [-0.2, 0) is 14.3 Å². The molecule has 0 aromatic rings. The summed E-state index contributed by atoms with van der Waals surface area (Å²) in [6.45, 7) is 8.17. The van der Waals surface area contributed by atoms with Crippen molar-refractivity contribution in [2.75, 3.05) is 39.9 Å². The highest BCUT2D eigenvalue weighted by molar-refractivity contribution is 5.66. The lowest BCUT2D eigenvalue weighted by molar-refractivity contribution is -0.900. The average Bonchev–Trinajstić information content (AvgIpc) is 2.70. The molecule has 106 valence electrons. The van der Waals surface area contributed by atoms with Gasteiger partial charge in [0.15, 0.2) is 6.10 Å². The molecule has 1 heterocycles. The highest BCUT2D eigenvalue weighted by atomic mass is 16.6. The third-order valence-corrected chi connectivity index (χ3v) is 3.57. The van der Waals surface area contributed by atoms with Crippen LogP contribution in [0.4, 0.5) is 0 Å². The van der Waals surface area contributed by atoms with Gasteiger partial charge in [-0.3, -0.25) is 4.79 Å². The number of quaternary nitrogens is 1. The normalized spacial score (nSPS) is 19.7. The number of carbonyl (C=O) groups is 1. The summed E-state index contributed by atoms with van der Waals surface area (Å²) < 4.78 is 12.0. The summed E-state index contributed by atoms with van der Waals surface area (Å²) in [5, 5.41) is 0. The van der Waals surface area contributed by atoms with Gasteiger partial charge in [-0.05, 0) is 6.42 Å². The van der Waals surface area contributed by atoms with Crippen LogP contribution in [0.25, 0.3) is 0 Å². The average molecular weight is 258 g/mol. The third-order valence-electron chi connectivity index (χ3n) is 3.57. The second-order valence-corrected chi connectivity index (χ2v) is 5.62. The van der Waals surface area contributed by atoms with Gasteiger partial charge >= 0.3 is 5.97 Å². The Morgan fingerprint density at radius 1 is 1.33 bits per heavy atom. The molecule has 4 heteroatoms. The monoisotopic (exact) mass is 258 g/mol. The lowest BCUT2D eigenvalue weighted by Crippen LogP contribution is -2.48. The predicted molar refractivity (Wildman–Crippen MR) is 71.3 cm³/mol. The molecule has 0 N–H and O–H groups in total. The number of likely N-dealkylation sites (N-methyl/N-ethyl adjacent to an activating group) is 1. The van der Waals surface area contributed by atoms with E-state index in [1.165, 1.54) is 32.9 Å². The van der Waals surface area contributed by atoms with E-state index in [1.54, 1.807) is 0 Å². The third kappa shape index (κ3) is 5.83. The van der Waals surface area contributed by atoms with Gasteiger partial charge < -0.3 is 14.0 Å². The minimum absolute atomic E-state index is 0.0949. The molecular weight excluding hydrogens is 230 g/mol. The maximum absolute atomic E-state index is 11.1. The lowest BCUT2D eigenvalue weighted by atomic mass is 10.3. The van der Waals surface area contributed by atoms with Crippen LogP contribution >= 0.6 is 0 Å². The fourth-order valence-corrected chi connectivity index (χ4v) is 2.59. The SMILES string of the molecule is CCCCOCC(C[N+]1(C)CCCC1)OC(C)=O. The van der Waals surface area contributed by atoms with E-state index in [4.69, 9.17) is 9.47 Å². The molecule has 0 amide bonds. The van der Waals surface area contributed by atoms with E-state index in [9.17, 15) is 4.79 Å². The summed E-state index contributed by atoms with van der Waals surface area (Å²) in [6.07, 6.45) is 4.66. The smallest absolute Gasteiger partial charge is 0.303 e. The van der Waals surface area contributed by atoms with Crippen molar-refractivity contribution in [3.8, 4) is 0 Å². The van der Waals surface area contributed by atoms with Crippen molar-refractivity contribution < 1.29 is 18.8 Å². The molecule has 1 rings (SSSR count). The van der Waals surface area contributed by atoms with Gasteiger partial charge in [-0.25, -0.2) is 0 Å². The zero-order chi connectivity index (χ0) is 13.4. The molecule has 0 bridgehead atoms. The molecule has 0 spiro atoms. The number of hydrogen-bond donors (Lipinski definition) is 0. The minimum Gasteiger partial charge on any atom is -0.454 e. The topological polar surface area (TPSA) is 35.5 Å². The maximum Gasteiger partial charge on any atom is 0.303 e. The van der Waals surface area contributed by atoms with Crippen LogP contribution in [0.5, 0.6) is 0 Å². The number of unbranched alkanes of at least 4 members (excludes halogenated alkanes) is 1. The van der Waals surface area contributed by atoms with E-state index in [0.29, 0.717) is 6.61 Å². The van der Waals surface area contributed by atoms with E-state index in [1.807, 2.05) is 0 Å². The van der Waals surface area contributed by atoms with Gasteiger partial charge in [0.25, 0.3) is 0 Å². The quantitative estimate of drug-likeness (QED) is 0.379. The van der Waals surface area contributed by atoms with Gasteiger partial charge in [0.1, 0.15) is 6.54 Å². The molecule has 1 aliphatic heterocycles. The first kappa shape index (κ1) is 15.4. The maximum atomic E-state index is 11.1. The van der Waals surface area contributed by atoms with Crippen LogP contribution in [0.2, 0.25) is 0 Å². The molecule has 4 nitrogen and oxygen atoms in total. The molecule has 1 saturated heterocycles. The Morgan fingerprint density at radius 3 is 2.56 bits per heavy atom. The molecule has 0 aliphatic carbocycles. The highest BCUT2D eigenvalue weighted by Crippen LogP contribution is 2.18. The first-order chi connectivity index (χ1) is 8.56.